The van der Waals surface area contributed by atoms with E-state index in [4.69, 9.17) is 4.98 Å². The lowest BCUT2D eigenvalue weighted by Crippen LogP contribution is -2.45. The van der Waals surface area contributed by atoms with Gasteiger partial charge >= 0.3 is 0 Å². The molecule has 4 rings (SSSR count). The molecule has 1 amide bonds. The zero-order valence-electron chi connectivity index (χ0n) is 15.8. The molecule has 9 heteroatoms. The Hall–Kier alpha value is -1.67. The van der Waals surface area contributed by atoms with Crippen LogP contribution in [0.25, 0.3) is 21.6 Å². The molecule has 0 radical (unpaired) electrons. The van der Waals surface area contributed by atoms with Crippen molar-refractivity contribution in [3.05, 3.63) is 35.3 Å². The zero-order valence-corrected chi connectivity index (χ0v) is 18.3. The molecule has 0 bridgehead atoms. The van der Waals surface area contributed by atoms with Crippen LogP contribution in [0, 0.1) is 0 Å². The molecular weight excluding hydrogens is 417 g/mol. The number of carbonyl (C=O) groups excluding carboxylic acids is 1. The number of rotatable bonds is 4. The van der Waals surface area contributed by atoms with E-state index in [0.717, 1.165) is 47.5 Å². The molecular formula is C19H25Cl2N5OS. The molecule has 6 nitrogen and oxygen atoms in total. The molecule has 0 spiro atoms. The Morgan fingerprint density at radius 2 is 2.21 bits per heavy atom. The largest absolute Gasteiger partial charge is 0.348 e. The number of amides is 1. The van der Waals surface area contributed by atoms with E-state index in [-0.39, 0.29) is 42.8 Å². The highest BCUT2D eigenvalue weighted by molar-refractivity contribution is 7.13. The minimum atomic E-state index is -0.0489. The summed E-state index contributed by atoms with van der Waals surface area (Å²) in [6.45, 7) is 5.98. The van der Waals surface area contributed by atoms with Gasteiger partial charge in [-0.2, -0.15) is 5.10 Å². The second-order valence-electron chi connectivity index (χ2n) is 6.97. The van der Waals surface area contributed by atoms with E-state index < -0.39 is 0 Å². The summed E-state index contributed by atoms with van der Waals surface area (Å²) in [5.41, 5.74) is 2.23. The van der Waals surface area contributed by atoms with Gasteiger partial charge in [-0.05, 0) is 50.7 Å². The number of halogens is 2. The number of piperidine rings is 1. The van der Waals surface area contributed by atoms with Gasteiger partial charge in [-0.1, -0.05) is 6.07 Å². The maximum Gasteiger partial charge on any atom is 0.252 e. The van der Waals surface area contributed by atoms with E-state index >= 15 is 0 Å². The third-order valence-corrected chi connectivity index (χ3v) is 5.60. The standard InChI is InChI=1S/C19H23N5OS.2ClH/c1-12(2)24-18-15(11-21-24)14(9-16(23-18)17-6-4-8-26-17)19(25)22-13-5-3-7-20-10-13;;/h4,6,8-9,11-13,20H,3,5,7,10H2,1-2H3,(H,22,25);2*1H. The number of fused-ring (bicyclic) bond motifs is 1. The third kappa shape index (κ3) is 4.49. The summed E-state index contributed by atoms with van der Waals surface area (Å²) in [5, 5.41) is 13.8. The van der Waals surface area contributed by atoms with Gasteiger partial charge < -0.3 is 10.6 Å². The molecule has 28 heavy (non-hydrogen) atoms. The molecule has 152 valence electrons. The second-order valence-corrected chi connectivity index (χ2v) is 7.92. The molecule has 3 aromatic rings. The topological polar surface area (TPSA) is 71.8 Å². The van der Waals surface area contributed by atoms with Crippen LogP contribution in [0.1, 0.15) is 43.1 Å². The van der Waals surface area contributed by atoms with Crippen LogP contribution in [0.2, 0.25) is 0 Å². The quantitative estimate of drug-likeness (QED) is 0.639. The van der Waals surface area contributed by atoms with Gasteiger partial charge in [0.2, 0.25) is 0 Å². The highest BCUT2D eigenvalue weighted by Crippen LogP contribution is 2.29. The molecule has 0 aliphatic carbocycles. The molecule has 1 fully saturated rings. The van der Waals surface area contributed by atoms with Gasteiger partial charge in [0.25, 0.3) is 5.91 Å². The summed E-state index contributed by atoms with van der Waals surface area (Å²) in [6, 6.07) is 6.27. The number of nitrogens with one attached hydrogen (secondary N) is 2. The summed E-state index contributed by atoms with van der Waals surface area (Å²) < 4.78 is 1.88. The van der Waals surface area contributed by atoms with Crippen LogP contribution in [0.15, 0.2) is 29.8 Å². The van der Waals surface area contributed by atoms with E-state index in [0.29, 0.717) is 5.56 Å². The van der Waals surface area contributed by atoms with Crippen molar-refractivity contribution in [2.45, 2.75) is 38.8 Å². The number of thiophene rings is 1. The molecule has 1 atom stereocenters. The van der Waals surface area contributed by atoms with Crippen LogP contribution in [0.5, 0.6) is 0 Å². The van der Waals surface area contributed by atoms with Crippen LogP contribution >= 0.6 is 36.2 Å². The molecule has 2 N–H and O–H groups in total. The van der Waals surface area contributed by atoms with Crippen molar-refractivity contribution in [2.24, 2.45) is 0 Å². The van der Waals surface area contributed by atoms with Crippen LogP contribution < -0.4 is 10.6 Å². The van der Waals surface area contributed by atoms with Crippen LogP contribution in [-0.2, 0) is 0 Å². The smallest absolute Gasteiger partial charge is 0.252 e. The monoisotopic (exact) mass is 441 g/mol. The van der Waals surface area contributed by atoms with Crippen LogP contribution in [-0.4, -0.2) is 39.8 Å². The van der Waals surface area contributed by atoms with Gasteiger partial charge in [0.15, 0.2) is 5.65 Å². The Labute approximate surface area is 180 Å². The number of hydrogen-bond donors (Lipinski definition) is 2. The first-order valence-corrected chi connectivity index (χ1v) is 9.95. The maximum absolute atomic E-state index is 13.0. The predicted molar refractivity (Wildman–Crippen MR) is 119 cm³/mol. The first-order chi connectivity index (χ1) is 12.6. The molecule has 1 aliphatic heterocycles. The van der Waals surface area contributed by atoms with E-state index in [2.05, 4.69) is 29.6 Å². The predicted octanol–water partition coefficient (Wildman–Crippen LogP) is 4.07. The molecule has 3 aromatic heterocycles. The molecule has 1 aliphatic rings. The lowest BCUT2D eigenvalue weighted by Gasteiger charge is -2.24. The van der Waals surface area contributed by atoms with Crippen molar-refractivity contribution >= 4 is 53.1 Å². The van der Waals surface area contributed by atoms with Crippen molar-refractivity contribution in [2.75, 3.05) is 13.1 Å². The van der Waals surface area contributed by atoms with E-state index in [9.17, 15) is 4.79 Å². The normalized spacial score (nSPS) is 16.5. The van der Waals surface area contributed by atoms with Crippen molar-refractivity contribution in [3.8, 4) is 10.6 Å². The summed E-state index contributed by atoms with van der Waals surface area (Å²) >= 11 is 1.62. The lowest BCUT2D eigenvalue weighted by atomic mass is 10.1. The Morgan fingerprint density at radius 3 is 2.86 bits per heavy atom. The average Bonchev–Trinajstić information content (AvgIpc) is 3.31. The number of carbonyl (C=O) groups is 1. The fourth-order valence-electron chi connectivity index (χ4n) is 3.37. The number of pyridine rings is 1. The SMILES string of the molecule is CC(C)n1ncc2c(C(=O)NC3CCCNC3)cc(-c3cccs3)nc21.Cl.Cl. The summed E-state index contributed by atoms with van der Waals surface area (Å²) in [4.78, 5) is 18.9. The average molecular weight is 442 g/mol. The van der Waals surface area contributed by atoms with Gasteiger partial charge in [0.1, 0.15) is 0 Å². The van der Waals surface area contributed by atoms with Gasteiger partial charge in [0.05, 0.1) is 27.7 Å². The van der Waals surface area contributed by atoms with Gasteiger partial charge in [-0.3, -0.25) is 4.79 Å². The number of nitrogens with zero attached hydrogens (tertiary/aromatic N) is 3. The molecule has 1 saturated heterocycles. The Balaban J connectivity index is 0.00000140. The summed E-state index contributed by atoms with van der Waals surface area (Å²) in [6.07, 6.45) is 3.85. The van der Waals surface area contributed by atoms with Gasteiger partial charge in [-0.15, -0.1) is 36.2 Å². The fraction of sp³-hybridized carbons (Fsp3) is 0.421. The summed E-state index contributed by atoms with van der Waals surface area (Å²) in [7, 11) is 0. The van der Waals surface area contributed by atoms with Crippen LogP contribution in [0.4, 0.5) is 0 Å². The fourth-order valence-corrected chi connectivity index (χ4v) is 4.06. The van der Waals surface area contributed by atoms with E-state index in [1.165, 1.54) is 0 Å². The Kier molecular flexibility index (Phi) is 7.83. The second kappa shape index (κ2) is 9.69. The van der Waals surface area contributed by atoms with Crippen molar-refractivity contribution < 1.29 is 4.79 Å². The van der Waals surface area contributed by atoms with E-state index in [1.807, 2.05) is 28.3 Å². The zero-order chi connectivity index (χ0) is 18.1. The first kappa shape index (κ1) is 22.6. The van der Waals surface area contributed by atoms with Crippen molar-refractivity contribution in [1.82, 2.24) is 25.4 Å². The van der Waals surface area contributed by atoms with Gasteiger partial charge in [-0.25, -0.2) is 9.67 Å². The molecule has 1 unspecified atom stereocenters. The first-order valence-electron chi connectivity index (χ1n) is 9.07. The van der Waals surface area contributed by atoms with Gasteiger partial charge in [0, 0.05) is 18.6 Å². The number of hydrogen-bond acceptors (Lipinski definition) is 5. The maximum atomic E-state index is 13.0. The minimum Gasteiger partial charge on any atom is -0.348 e. The number of aromatic nitrogens is 3. The highest BCUT2D eigenvalue weighted by Gasteiger charge is 2.21. The minimum absolute atomic E-state index is 0. The highest BCUT2D eigenvalue weighted by atomic mass is 35.5. The molecule has 0 saturated carbocycles. The van der Waals surface area contributed by atoms with Crippen molar-refractivity contribution in [3.63, 3.8) is 0 Å². The van der Waals surface area contributed by atoms with Crippen molar-refractivity contribution in [1.29, 1.82) is 0 Å². The summed E-state index contributed by atoms with van der Waals surface area (Å²) in [5.74, 6) is -0.0489. The Bertz CT molecular complexity index is 920. The van der Waals surface area contributed by atoms with E-state index in [1.54, 1.807) is 17.5 Å². The lowest BCUT2D eigenvalue weighted by molar-refractivity contribution is 0.0932. The third-order valence-electron chi connectivity index (χ3n) is 4.71. The van der Waals surface area contributed by atoms with Crippen LogP contribution in [0.3, 0.4) is 0 Å². The molecule has 0 aromatic carbocycles. The Morgan fingerprint density at radius 1 is 1.39 bits per heavy atom. The molecule has 4 heterocycles.